The van der Waals surface area contributed by atoms with Crippen LogP contribution < -0.4 is 10.2 Å². The number of hydrogen-bond donors (Lipinski definition) is 2. The zero-order valence-corrected chi connectivity index (χ0v) is 14.7. The van der Waals surface area contributed by atoms with Gasteiger partial charge in [-0.25, -0.2) is 0 Å². The third kappa shape index (κ3) is 4.48. The number of nitrogens with zero attached hydrogens (tertiary/aromatic N) is 2. The van der Waals surface area contributed by atoms with Gasteiger partial charge in [-0.2, -0.15) is 0 Å². The van der Waals surface area contributed by atoms with E-state index in [0.717, 1.165) is 31.8 Å². The molecule has 2 N–H and O–H groups in total. The summed E-state index contributed by atoms with van der Waals surface area (Å²) in [6.07, 6.45) is 4.66. The molecule has 0 bridgehead atoms. The maximum absolute atomic E-state index is 11.1. The Morgan fingerprint density at radius 2 is 1.96 bits per heavy atom. The van der Waals surface area contributed by atoms with Crippen LogP contribution in [0.15, 0.2) is 24.3 Å². The van der Waals surface area contributed by atoms with Gasteiger partial charge in [0.2, 0.25) is 0 Å². The van der Waals surface area contributed by atoms with Gasteiger partial charge in [-0.15, -0.1) is 0 Å². The number of para-hydroxylation sites is 1. The number of benzene rings is 1. The molecule has 2 fully saturated rings. The van der Waals surface area contributed by atoms with Crippen molar-refractivity contribution in [1.29, 1.82) is 0 Å². The summed E-state index contributed by atoms with van der Waals surface area (Å²) in [5, 5.41) is 12.8. The van der Waals surface area contributed by atoms with Gasteiger partial charge in [0.05, 0.1) is 6.54 Å². The highest BCUT2D eigenvalue weighted by Crippen LogP contribution is 2.34. The topological polar surface area (TPSA) is 55.8 Å². The number of nitrogens with one attached hydrogen (secondary N) is 1. The van der Waals surface area contributed by atoms with E-state index in [-0.39, 0.29) is 6.54 Å². The summed E-state index contributed by atoms with van der Waals surface area (Å²) in [4.78, 5) is 15.4. The normalized spacial score (nSPS) is 23.1. The van der Waals surface area contributed by atoms with Crippen molar-refractivity contribution in [3.05, 3.63) is 29.8 Å². The summed E-state index contributed by atoms with van der Waals surface area (Å²) in [5.41, 5.74) is 2.56. The van der Waals surface area contributed by atoms with Gasteiger partial charge in [0, 0.05) is 45.0 Å². The van der Waals surface area contributed by atoms with Gasteiger partial charge < -0.3 is 15.3 Å². The Morgan fingerprint density at radius 1 is 1.25 bits per heavy atom. The van der Waals surface area contributed by atoms with E-state index in [1.165, 1.54) is 24.1 Å². The molecular weight excluding hydrogens is 302 g/mol. The average molecular weight is 331 g/mol. The van der Waals surface area contributed by atoms with Crippen molar-refractivity contribution < 1.29 is 9.90 Å². The molecule has 1 aromatic carbocycles. The SMILES string of the molecule is CN(C)c1ccccc1CNC1CC(N(CC(=O)O)CC2CC2)C1. The van der Waals surface area contributed by atoms with Gasteiger partial charge in [0.15, 0.2) is 0 Å². The molecule has 0 spiro atoms. The predicted octanol–water partition coefficient (Wildman–Crippen LogP) is 2.17. The zero-order chi connectivity index (χ0) is 17.1. The van der Waals surface area contributed by atoms with Crippen molar-refractivity contribution in [3.8, 4) is 0 Å². The number of carboxylic acids is 1. The quantitative estimate of drug-likeness (QED) is 0.726. The number of hydrogen-bond acceptors (Lipinski definition) is 4. The minimum atomic E-state index is -0.702. The van der Waals surface area contributed by atoms with E-state index in [2.05, 4.69) is 53.5 Å². The molecular formula is C19H29N3O2. The van der Waals surface area contributed by atoms with Crippen LogP contribution in [0.2, 0.25) is 0 Å². The molecule has 0 radical (unpaired) electrons. The van der Waals surface area contributed by atoms with E-state index in [9.17, 15) is 4.79 Å². The number of carbonyl (C=O) groups is 1. The van der Waals surface area contributed by atoms with Crippen LogP contribution in [0.4, 0.5) is 5.69 Å². The highest BCUT2D eigenvalue weighted by atomic mass is 16.4. The lowest BCUT2D eigenvalue weighted by atomic mass is 9.85. The van der Waals surface area contributed by atoms with Crippen molar-refractivity contribution in [2.75, 3.05) is 32.1 Å². The Balaban J connectivity index is 1.47. The van der Waals surface area contributed by atoms with Gasteiger partial charge in [-0.1, -0.05) is 18.2 Å². The standard InChI is InChI=1S/C19H29N3O2/c1-21(2)18-6-4-3-5-15(18)11-20-16-9-17(10-16)22(13-19(23)24)12-14-7-8-14/h3-6,14,16-17,20H,7-13H2,1-2H3,(H,23,24). The molecule has 0 aromatic heterocycles. The van der Waals surface area contributed by atoms with Crippen LogP contribution in [-0.2, 0) is 11.3 Å². The molecule has 0 unspecified atom stereocenters. The predicted molar refractivity (Wildman–Crippen MR) is 96.4 cm³/mol. The fourth-order valence-electron chi connectivity index (χ4n) is 3.55. The van der Waals surface area contributed by atoms with E-state index >= 15 is 0 Å². The van der Waals surface area contributed by atoms with Crippen LogP contribution in [-0.4, -0.2) is 55.2 Å². The van der Waals surface area contributed by atoms with Crippen LogP contribution in [0, 0.1) is 5.92 Å². The van der Waals surface area contributed by atoms with Crippen molar-refractivity contribution in [1.82, 2.24) is 10.2 Å². The summed E-state index contributed by atoms with van der Waals surface area (Å²) in [6, 6.07) is 9.40. The Morgan fingerprint density at radius 3 is 2.58 bits per heavy atom. The molecule has 0 heterocycles. The van der Waals surface area contributed by atoms with Gasteiger partial charge in [0.25, 0.3) is 0 Å². The third-order valence-corrected chi connectivity index (χ3v) is 5.21. The summed E-state index contributed by atoms with van der Waals surface area (Å²) in [6.45, 7) is 2.03. The molecule has 5 nitrogen and oxygen atoms in total. The van der Waals surface area contributed by atoms with E-state index in [0.29, 0.717) is 12.1 Å². The maximum Gasteiger partial charge on any atom is 0.317 e. The van der Waals surface area contributed by atoms with Gasteiger partial charge in [-0.05, 0) is 43.2 Å². The first-order valence-electron chi connectivity index (χ1n) is 8.97. The van der Waals surface area contributed by atoms with Crippen LogP contribution >= 0.6 is 0 Å². The van der Waals surface area contributed by atoms with Crippen LogP contribution in [0.3, 0.4) is 0 Å². The fourth-order valence-corrected chi connectivity index (χ4v) is 3.55. The van der Waals surface area contributed by atoms with Gasteiger partial charge >= 0.3 is 5.97 Å². The Bertz CT molecular complexity index is 565. The van der Waals surface area contributed by atoms with Crippen LogP contribution in [0.25, 0.3) is 0 Å². The first-order valence-corrected chi connectivity index (χ1v) is 8.97. The maximum atomic E-state index is 11.1. The smallest absolute Gasteiger partial charge is 0.317 e. The molecule has 1 aromatic rings. The average Bonchev–Trinajstić information content (AvgIpc) is 3.29. The Labute approximate surface area is 144 Å². The zero-order valence-electron chi connectivity index (χ0n) is 14.7. The van der Waals surface area contributed by atoms with Gasteiger partial charge in [-0.3, -0.25) is 9.69 Å². The van der Waals surface area contributed by atoms with E-state index in [1.54, 1.807) is 0 Å². The lowest BCUT2D eigenvalue weighted by molar-refractivity contribution is -0.139. The number of rotatable bonds is 9. The molecule has 3 rings (SSSR count). The summed E-state index contributed by atoms with van der Waals surface area (Å²) < 4.78 is 0. The molecule has 0 aliphatic heterocycles. The van der Waals surface area contributed by atoms with Crippen molar-refractivity contribution >= 4 is 11.7 Å². The summed E-state index contributed by atoms with van der Waals surface area (Å²) in [7, 11) is 4.14. The van der Waals surface area contributed by atoms with E-state index < -0.39 is 5.97 Å². The first kappa shape index (κ1) is 17.2. The molecule has 5 heteroatoms. The number of aliphatic carboxylic acids is 1. The number of carboxylic acid groups (broad SMARTS) is 1. The molecule has 2 aliphatic rings. The fraction of sp³-hybridized carbons (Fsp3) is 0.632. The summed E-state index contributed by atoms with van der Waals surface area (Å²) >= 11 is 0. The van der Waals surface area contributed by atoms with Crippen molar-refractivity contribution in [2.24, 2.45) is 5.92 Å². The molecule has 132 valence electrons. The van der Waals surface area contributed by atoms with Crippen LogP contribution in [0.5, 0.6) is 0 Å². The minimum Gasteiger partial charge on any atom is -0.480 e. The Kier molecular flexibility index (Phi) is 5.41. The van der Waals surface area contributed by atoms with Crippen molar-refractivity contribution in [3.63, 3.8) is 0 Å². The number of anilines is 1. The second-order valence-corrected chi connectivity index (χ2v) is 7.49. The monoisotopic (exact) mass is 331 g/mol. The lowest BCUT2D eigenvalue weighted by Crippen LogP contribution is -2.54. The Hall–Kier alpha value is -1.59. The van der Waals surface area contributed by atoms with E-state index in [1.807, 2.05) is 0 Å². The summed E-state index contributed by atoms with van der Waals surface area (Å²) in [5.74, 6) is 0.0373. The van der Waals surface area contributed by atoms with Crippen molar-refractivity contribution in [2.45, 2.75) is 44.3 Å². The molecule has 0 amide bonds. The highest BCUT2D eigenvalue weighted by molar-refractivity contribution is 5.69. The van der Waals surface area contributed by atoms with Gasteiger partial charge in [0.1, 0.15) is 0 Å². The van der Waals surface area contributed by atoms with E-state index in [4.69, 9.17) is 5.11 Å². The minimum absolute atomic E-state index is 0.192. The molecule has 2 saturated carbocycles. The molecule has 0 saturated heterocycles. The third-order valence-electron chi connectivity index (χ3n) is 5.21. The molecule has 2 aliphatic carbocycles. The molecule has 0 atom stereocenters. The second kappa shape index (κ2) is 7.53. The first-order chi connectivity index (χ1) is 11.5. The van der Waals surface area contributed by atoms with Crippen LogP contribution in [0.1, 0.15) is 31.2 Å². The lowest BCUT2D eigenvalue weighted by Gasteiger charge is -2.43. The highest BCUT2D eigenvalue weighted by Gasteiger charge is 2.36. The molecule has 24 heavy (non-hydrogen) atoms. The second-order valence-electron chi connectivity index (χ2n) is 7.49. The largest absolute Gasteiger partial charge is 0.480 e.